The van der Waals surface area contributed by atoms with Gasteiger partial charge in [0.1, 0.15) is 5.75 Å². The lowest BCUT2D eigenvalue weighted by atomic mass is 9.99. The quantitative estimate of drug-likeness (QED) is 0.768. The van der Waals surface area contributed by atoms with Gasteiger partial charge in [-0.25, -0.2) is 9.97 Å². The summed E-state index contributed by atoms with van der Waals surface area (Å²) >= 11 is 0. The maximum Gasteiger partial charge on any atom is 0.224 e. The third-order valence-corrected chi connectivity index (χ3v) is 5.06. The summed E-state index contributed by atoms with van der Waals surface area (Å²) in [6.45, 7) is 2.07. The number of allylic oxidation sites excluding steroid dienone is 5. The van der Waals surface area contributed by atoms with Crippen LogP contribution < -0.4 is 9.64 Å². The number of benzene rings is 1. The van der Waals surface area contributed by atoms with Crippen molar-refractivity contribution in [1.29, 1.82) is 0 Å². The highest BCUT2D eigenvalue weighted by Crippen LogP contribution is 2.45. The molecule has 1 heterocycles. The second-order valence-corrected chi connectivity index (χ2v) is 7.17. The molecular weight excluding hydrogens is 350 g/mol. The normalized spacial score (nSPS) is 16.1. The molecule has 5 heteroatoms. The lowest BCUT2D eigenvalue weighted by Crippen LogP contribution is -2.12. The Labute approximate surface area is 165 Å². The highest BCUT2D eigenvalue weighted by Gasteiger charge is 2.28. The summed E-state index contributed by atoms with van der Waals surface area (Å²) in [5.41, 5.74) is 7.15. The van der Waals surface area contributed by atoms with Gasteiger partial charge in [-0.3, -0.25) is 4.79 Å². The highest BCUT2D eigenvalue weighted by atomic mass is 16.5. The molecule has 5 nitrogen and oxygen atoms in total. The Bertz CT molecular complexity index is 1040. The zero-order chi connectivity index (χ0) is 19.8. The number of ether oxygens (including phenoxy) is 1. The Balaban J connectivity index is 1.77. The molecule has 0 fully saturated rings. The molecule has 0 saturated carbocycles. The van der Waals surface area contributed by atoms with Crippen molar-refractivity contribution in [2.75, 3.05) is 26.1 Å². The number of Topliss-reactive ketones (excluding diaryl/α,β-unsaturated/α-hetero) is 1. The number of nitrogens with zero attached hydrogens (tertiary/aromatic N) is 3. The van der Waals surface area contributed by atoms with Crippen LogP contribution in [0.25, 0.3) is 17.2 Å². The monoisotopic (exact) mass is 372 g/mol. The van der Waals surface area contributed by atoms with Crippen LogP contribution in [0.1, 0.15) is 30.0 Å². The molecule has 1 aromatic carbocycles. The van der Waals surface area contributed by atoms with Gasteiger partial charge >= 0.3 is 0 Å². The smallest absolute Gasteiger partial charge is 0.224 e. The first-order valence-electron chi connectivity index (χ1n) is 9.16. The minimum absolute atomic E-state index is 0.156. The number of hydrogen-bond acceptors (Lipinski definition) is 5. The van der Waals surface area contributed by atoms with Gasteiger partial charge in [0, 0.05) is 44.9 Å². The van der Waals surface area contributed by atoms with E-state index in [9.17, 15) is 4.79 Å². The van der Waals surface area contributed by atoms with Crippen LogP contribution in [0.5, 0.6) is 5.75 Å². The van der Waals surface area contributed by atoms with Crippen molar-refractivity contribution in [2.45, 2.75) is 13.3 Å². The Kier molecular flexibility index (Phi) is 4.59. The van der Waals surface area contributed by atoms with E-state index in [-0.39, 0.29) is 5.78 Å². The zero-order valence-electron chi connectivity index (χ0n) is 16.5. The summed E-state index contributed by atoms with van der Waals surface area (Å²) in [5.74, 6) is 1.61. The molecule has 0 aliphatic heterocycles. The van der Waals surface area contributed by atoms with Crippen LogP contribution in [-0.2, 0) is 4.79 Å². The first-order chi connectivity index (χ1) is 13.5. The molecule has 2 aromatic rings. The van der Waals surface area contributed by atoms with Gasteiger partial charge < -0.3 is 9.64 Å². The average Bonchev–Trinajstić information content (AvgIpc) is 3.52. The van der Waals surface area contributed by atoms with Gasteiger partial charge in [-0.15, -0.1) is 0 Å². The molecule has 1 aromatic heterocycles. The number of hydrogen-bond donors (Lipinski definition) is 0. The van der Waals surface area contributed by atoms with E-state index in [1.807, 2.05) is 56.0 Å². The molecule has 0 saturated heterocycles. The number of aromatic nitrogens is 2. The number of rotatable bonds is 6. The topological polar surface area (TPSA) is 55.3 Å². The van der Waals surface area contributed by atoms with Crippen LogP contribution in [0.4, 0.5) is 5.95 Å². The van der Waals surface area contributed by atoms with Gasteiger partial charge in [0.05, 0.1) is 7.11 Å². The van der Waals surface area contributed by atoms with Crippen molar-refractivity contribution in [1.82, 2.24) is 9.97 Å². The van der Waals surface area contributed by atoms with E-state index in [1.165, 1.54) is 0 Å². The van der Waals surface area contributed by atoms with Gasteiger partial charge in [-0.1, -0.05) is 12.1 Å². The average molecular weight is 372 g/mol. The molecule has 2 aliphatic rings. The lowest BCUT2D eigenvalue weighted by molar-refractivity contribution is -0.114. The second-order valence-electron chi connectivity index (χ2n) is 7.17. The second kappa shape index (κ2) is 7.08. The van der Waals surface area contributed by atoms with Crippen LogP contribution >= 0.6 is 0 Å². The van der Waals surface area contributed by atoms with Gasteiger partial charge in [-0.05, 0) is 58.6 Å². The number of fused-ring (bicyclic) bond motifs is 1. The summed E-state index contributed by atoms with van der Waals surface area (Å²) in [7, 11) is 5.48. The van der Waals surface area contributed by atoms with Crippen molar-refractivity contribution >= 4 is 29.0 Å². The van der Waals surface area contributed by atoms with Crippen molar-refractivity contribution in [3.63, 3.8) is 0 Å². The number of ketones is 1. The van der Waals surface area contributed by atoms with E-state index in [0.29, 0.717) is 12.4 Å². The minimum Gasteiger partial charge on any atom is -0.497 e. The van der Waals surface area contributed by atoms with Crippen molar-refractivity contribution < 1.29 is 9.53 Å². The van der Waals surface area contributed by atoms with E-state index in [2.05, 4.69) is 29.0 Å². The Morgan fingerprint density at radius 1 is 1.18 bits per heavy atom. The predicted octanol–water partition coefficient (Wildman–Crippen LogP) is 3.98. The minimum atomic E-state index is 0.156. The van der Waals surface area contributed by atoms with Crippen LogP contribution in [0.2, 0.25) is 0 Å². The van der Waals surface area contributed by atoms with Crippen LogP contribution in [0.3, 0.4) is 0 Å². The molecule has 2 aliphatic carbocycles. The van der Waals surface area contributed by atoms with E-state index < -0.39 is 0 Å². The van der Waals surface area contributed by atoms with Gasteiger partial charge in [0.15, 0.2) is 5.78 Å². The molecule has 0 unspecified atom stereocenters. The lowest BCUT2D eigenvalue weighted by Gasteiger charge is -2.09. The predicted molar refractivity (Wildman–Crippen MR) is 112 cm³/mol. The van der Waals surface area contributed by atoms with E-state index >= 15 is 0 Å². The van der Waals surface area contributed by atoms with E-state index in [1.54, 1.807) is 7.11 Å². The molecule has 28 heavy (non-hydrogen) atoms. The van der Waals surface area contributed by atoms with Crippen LogP contribution in [0, 0.1) is 6.42 Å². The zero-order valence-corrected chi connectivity index (χ0v) is 16.5. The fraction of sp³-hybridized carbons (Fsp3) is 0.217. The molecule has 0 spiro atoms. The molecule has 141 valence electrons. The first kappa shape index (κ1) is 18.2. The fourth-order valence-corrected chi connectivity index (χ4v) is 3.41. The molecule has 4 rings (SSSR count). The Morgan fingerprint density at radius 3 is 2.50 bits per heavy atom. The first-order valence-corrected chi connectivity index (χ1v) is 9.16. The van der Waals surface area contributed by atoms with Gasteiger partial charge in [0.2, 0.25) is 5.95 Å². The largest absolute Gasteiger partial charge is 0.497 e. The maximum absolute atomic E-state index is 12.4. The van der Waals surface area contributed by atoms with Gasteiger partial charge in [0.25, 0.3) is 0 Å². The summed E-state index contributed by atoms with van der Waals surface area (Å²) in [5, 5.41) is 0. The standard InChI is InChI=1S/C23H22N3O2/c1-14-19(9-15-12-24-23(25-13-15)26(2)3)18-8-7-17(28-4)10-21(18)20(14)11-22(27)16-5-6-16/h5-10,12-13H,11H2,1-4H3/b19-9-. The van der Waals surface area contributed by atoms with Crippen LogP contribution in [0.15, 0.2) is 47.8 Å². The molecular formula is C23H22N3O2. The SMILES string of the molecule is COc1ccc2c(c1)C(CC(=O)C1=C[CH]1)=C(C)/C2=C/c1cnc(N(C)C)nc1. The Morgan fingerprint density at radius 2 is 1.89 bits per heavy atom. The molecule has 1 radical (unpaired) electrons. The highest BCUT2D eigenvalue weighted by molar-refractivity contribution is 6.13. The maximum atomic E-state index is 12.4. The molecule has 0 N–H and O–H groups in total. The number of methoxy groups -OCH3 is 1. The number of anilines is 1. The third kappa shape index (κ3) is 3.36. The fourth-order valence-electron chi connectivity index (χ4n) is 3.41. The van der Waals surface area contributed by atoms with Crippen molar-refractivity contribution in [2.24, 2.45) is 0 Å². The van der Waals surface area contributed by atoms with Crippen molar-refractivity contribution in [3.05, 3.63) is 70.9 Å². The summed E-state index contributed by atoms with van der Waals surface area (Å²) in [4.78, 5) is 23.1. The number of carbonyl (C=O) groups is 1. The summed E-state index contributed by atoms with van der Waals surface area (Å²) < 4.78 is 5.41. The van der Waals surface area contributed by atoms with E-state index in [4.69, 9.17) is 4.74 Å². The molecule has 0 atom stereocenters. The van der Waals surface area contributed by atoms with Gasteiger partial charge in [-0.2, -0.15) is 0 Å². The summed E-state index contributed by atoms with van der Waals surface area (Å²) in [6.07, 6.45) is 9.83. The molecule has 0 amide bonds. The Hall–Kier alpha value is -3.21. The van der Waals surface area contributed by atoms with E-state index in [0.717, 1.165) is 44.7 Å². The van der Waals surface area contributed by atoms with Crippen LogP contribution in [-0.4, -0.2) is 37.0 Å². The summed E-state index contributed by atoms with van der Waals surface area (Å²) in [6, 6.07) is 6.02. The van der Waals surface area contributed by atoms with Crippen molar-refractivity contribution in [3.8, 4) is 5.75 Å². The third-order valence-electron chi connectivity index (χ3n) is 5.06. The number of carbonyl (C=O) groups excluding carboxylic acids is 1. The molecule has 0 bridgehead atoms.